The molecule has 0 fully saturated rings. The van der Waals surface area contributed by atoms with E-state index in [1.54, 1.807) is 6.08 Å². The van der Waals surface area contributed by atoms with Crippen LogP contribution in [0.4, 0.5) is 8.78 Å². The molecule has 0 aliphatic rings. The number of esters is 1. The molecule has 1 unspecified atom stereocenters. The maximum absolute atomic E-state index is 13.1. The van der Waals surface area contributed by atoms with Crippen molar-refractivity contribution >= 4 is 5.97 Å². The van der Waals surface area contributed by atoms with Crippen LogP contribution < -0.4 is 5.32 Å². The molecule has 0 radical (unpaired) electrons. The summed E-state index contributed by atoms with van der Waals surface area (Å²) in [4.78, 5) is 11.5. The molecule has 92 valence electrons. The SMILES string of the molecule is C=CCNC(C(=O)OC)c1ccc(F)c(F)c1. The number of ether oxygens (including phenoxy) is 1. The first kappa shape index (κ1) is 13.3. The average Bonchev–Trinajstić information content (AvgIpc) is 2.33. The minimum Gasteiger partial charge on any atom is -0.468 e. The van der Waals surface area contributed by atoms with Gasteiger partial charge in [-0.15, -0.1) is 6.58 Å². The Balaban J connectivity index is 2.98. The lowest BCUT2D eigenvalue weighted by Gasteiger charge is -2.15. The van der Waals surface area contributed by atoms with E-state index >= 15 is 0 Å². The van der Waals surface area contributed by atoms with Crippen molar-refractivity contribution in [3.05, 3.63) is 48.1 Å². The molecule has 0 saturated heterocycles. The zero-order valence-corrected chi connectivity index (χ0v) is 9.37. The van der Waals surface area contributed by atoms with Gasteiger partial charge in [-0.25, -0.2) is 13.6 Å². The van der Waals surface area contributed by atoms with Crippen LogP contribution in [0.15, 0.2) is 30.9 Å². The van der Waals surface area contributed by atoms with Crippen LogP contribution in [0.2, 0.25) is 0 Å². The fourth-order valence-electron chi connectivity index (χ4n) is 1.35. The van der Waals surface area contributed by atoms with Crippen LogP contribution in [0.25, 0.3) is 0 Å². The predicted molar refractivity (Wildman–Crippen MR) is 59.3 cm³/mol. The molecule has 0 spiro atoms. The number of nitrogens with one attached hydrogen (secondary N) is 1. The summed E-state index contributed by atoms with van der Waals surface area (Å²) < 4.78 is 30.4. The third-order valence-corrected chi connectivity index (χ3v) is 2.18. The van der Waals surface area contributed by atoms with Crippen molar-refractivity contribution in [2.45, 2.75) is 6.04 Å². The van der Waals surface area contributed by atoms with E-state index in [1.165, 1.54) is 13.2 Å². The molecule has 3 nitrogen and oxygen atoms in total. The lowest BCUT2D eigenvalue weighted by atomic mass is 10.1. The van der Waals surface area contributed by atoms with Crippen molar-refractivity contribution < 1.29 is 18.3 Å². The number of methoxy groups -OCH3 is 1. The third-order valence-electron chi connectivity index (χ3n) is 2.18. The Labute approximate surface area is 98.1 Å². The first-order valence-electron chi connectivity index (χ1n) is 4.97. The molecule has 0 bridgehead atoms. The fourth-order valence-corrected chi connectivity index (χ4v) is 1.35. The van der Waals surface area contributed by atoms with Crippen molar-refractivity contribution in [2.24, 2.45) is 0 Å². The summed E-state index contributed by atoms with van der Waals surface area (Å²) in [7, 11) is 1.23. The maximum Gasteiger partial charge on any atom is 0.327 e. The van der Waals surface area contributed by atoms with Gasteiger partial charge in [-0.3, -0.25) is 5.32 Å². The molecule has 5 heteroatoms. The molecular weight excluding hydrogens is 228 g/mol. The van der Waals surface area contributed by atoms with Gasteiger partial charge in [-0.2, -0.15) is 0 Å². The van der Waals surface area contributed by atoms with Crippen LogP contribution in [0, 0.1) is 11.6 Å². The molecule has 0 saturated carbocycles. The first-order chi connectivity index (χ1) is 8.10. The summed E-state index contributed by atoms with van der Waals surface area (Å²) in [6.45, 7) is 3.84. The molecule has 0 aliphatic carbocycles. The summed E-state index contributed by atoms with van der Waals surface area (Å²) in [6, 6.07) is 2.42. The molecule has 0 amide bonds. The van der Waals surface area contributed by atoms with Gasteiger partial charge >= 0.3 is 5.97 Å². The summed E-state index contributed by atoms with van der Waals surface area (Å²) >= 11 is 0. The number of benzene rings is 1. The number of hydrogen-bond acceptors (Lipinski definition) is 3. The van der Waals surface area contributed by atoms with Crippen LogP contribution in [-0.4, -0.2) is 19.6 Å². The van der Waals surface area contributed by atoms with Crippen molar-refractivity contribution in [3.63, 3.8) is 0 Å². The van der Waals surface area contributed by atoms with Gasteiger partial charge in [0, 0.05) is 6.54 Å². The van der Waals surface area contributed by atoms with Crippen LogP contribution in [0.5, 0.6) is 0 Å². The van der Waals surface area contributed by atoms with E-state index in [0.29, 0.717) is 12.1 Å². The average molecular weight is 241 g/mol. The second kappa shape index (κ2) is 6.10. The van der Waals surface area contributed by atoms with Crippen molar-refractivity contribution in [1.29, 1.82) is 0 Å². The fraction of sp³-hybridized carbons (Fsp3) is 0.250. The van der Waals surface area contributed by atoms with Gasteiger partial charge in [0.25, 0.3) is 0 Å². The number of carbonyl (C=O) groups excluding carboxylic acids is 1. The monoisotopic (exact) mass is 241 g/mol. The second-order valence-electron chi connectivity index (χ2n) is 3.33. The topological polar surface area (TPSA) is 38.3 Å². The number of carbonyl (C=O) groups is 1. The van der Waals surface area contributed by atoms with E-state index in [4.69, 9.17) is 0 Å². The van der Waals surface area contributed by atoms with E-state index in [-0.39, 0.29) is 0 Å². The second-order valence-corrected chi connectivity index (χ2v) is 3.33. The van der Waals surface area contributed by atoms with Gasteiger partial charge in [-0.1, -0.05) is 12.1 Å². The van der Waals surface area contributed by atoms with Crippen molar-refractivity contribution in [3.8, 4) is 0 Å². The van der Waals surface area contributed by atoms with Gasteiger partial charge in [0.05, 0.1) is 7.11 Å². The zero-order valence-electron chi connectivity index (χ0n) is 9.37. The van der Waals surface area contributed by atoms with Crippen LogP contribution in [-0.2, 0) is 9.53 Å². The molecule has 1 rings (SSSR count). The Morgan fingerprint density at radius 2 is 2.24 bits per heavy atom. The highest BCUT2D eigenvalue weighted by atomic mass is 19.2. The zero-order chi connectivity index (χ0) is 12.8. The Hall–Kier alpha value is -1.75. The molecular formula is C12H13F2NO2. The highest BCUT2D eigenvalue weighted by molar-refractivity contribution is 5.77. The van der Waals surface area contributed by atoms with Crippen molar-refractivity contribution in [2.75, 3.05) is 13.7 Å². The van der Waals surface area contributed by atoms with Gasteiger partial charge in [-0.05, 0) is 17.7 Å². The minimum absolute atomic E-state index is 0.303. The third kappa shape index (κ3) is 3.35. The van der Waals surface area contributed by atoms with Gasteiger partial charge in [0.15, 0.2) is 11.6 Å². The molecule has 1 N–H and O–H groups in total. The normalized spacial score (nSPS) is 11.9. The molecule has 1 aromatic carbocycles. The van der Waals surface area contributed by atoms with E-state index in [1.807, 2.05) is 0 Å². The van der Waals surface area contributed by atoms with Gasteiger partial charge in [0.1, 0.15) is 6.04 Å². The standard InChI is InChI=1S/C12H13F2NO2/c1-3-6-15-11(12(16)17-2)8-4-5-9(13)10(14)7-8/h3-5,7,11,15H,1,6H2,2H3. The Morgan fingerprint density at radius 3 is 2.76 bits per heavy atom. The molecule has 0 aliphatic heterocycles. The predicted octanol–water partition coefficient (Wildman–Crippen LogP) is 1.95. The molecule has 0 aromatic heterocycles. The smallest absolute Gasteiger partial charge is 0.327 e. The van der Waals surface area contributed by atoms with Gasteiger partial charge in [0.2, 0.25) is 0 Å². The minimum atomic E-state index is -1.00. The lowest BCUT2D eigenvalue weighted by Crippen LogP contribution is -2.29. The Morgan fingerprint density at radius 1 is 1.53 bits per heavy atom. The highest BCUT2D eigenvalue weighted by Gasteiger charge is 2.21. The van der Waals surface area contributed by atoms with E-state index < -0.39 is 23.6 Å². The molecule has 0 heterocycles. The summed E-state index contributed by atoms with van der Waals surface area (Å²) in [6.07, 6.45) is 1.55. The van der Waals surface area contributed by atoms with Crippen LogP contribution >= 0.6 is 0 Å². The molecule has 1 atom stereocenters. The summed E-state index contributed by atoms with van der Waals surface area (Å²) in [5.41, 5.74) is 0.303. The van der Waals surface area contributed by atoms with E-state index in [9.17, 15) is 13.6 Å². The van der Waals surface area contributed by atoms with Crippen LogP contribution in [0.3, 0.4) is 0 Å². The number of halogens is 2. The quantitative estimate of drug-likeness (QED) is 0.632. The van der Waals surface area contributed by atoms with E-state index in [2.05, 4.69) is 16.6 Å². The molecule has 1 aromatic rings. The lowest BCUT2D eigenvalue weighted by molar-refractivity contribution is -0.143. The number of hydrogen-bond donors (Lipinski definition) is 1. The van der Waals surface area contributed by atoms with Crippen molar-refractivity contribution in [1.82, 2.24) is 5.32 Å². The van der Waals surface area contributed by atoms with E-state index in [0.717, 1.165) is 12.1 Å². The van der Waals surface area contributed by atoms with Gasteiger partial charge < -0.3 is 4.74 Å². The maximum atomic E-state index is 13.1. The Bertz CT molecular complexity index is 421. The highest BCUT2D eigenvalue weighted by Crippen LogP contribution is 2.17. The molecule has 17 heavy (non-hydrogen) atoms. The Kier molecular flexibility index (Phi) is 4.78. The summed E-state index contributed by atoms with van der Waals surface area (Å²) in [5, 5.41) is 2.80. The van der Waals surface area contributed by atoms with Crippen LogP contribution in [0.1, 0.15) is 11.6 Å². The number of rotatable bonds is 5. The summed E-state index contributed by atoms with van der Waals surface area (Å²) in [5.74, 6) is -2.53. The first-order valence-corrected chi connectivity index (χ1v) is 4.97. The largest absolute Gasteiger partial charge is 0.468 e.